The number of hydrogen-bond donors (Lipinski definition) is 2. The lowest BCUT2D eigenvalue weighted by Gasteiger charge is -2.12. The summed E-state index contributed by atoms with van der Waals surface area (Å²) in [5.74, 6) is -0.154. The van der Waals surface area contributed by atoms with E-state index in [1.807, 2.05) is 50.2 Å². The number of aryl methyl sites for hydroxylation is 1. The van der Waals surface area contributed by atoms with Crippen molar-refractivity contribution in [3.05, 3.63) is 59.7 Å². The van der Waals surface area contributed by atoms with Crippen LogP contribution in [-0.2, 0) is 16.0 Å². The van der Waals surface area contributed by atoms with Crippen LogP contribution in [0, 0.1) is 6.92 Å². The number of carbonyl (C=O) groups is 2. The molecule has 0 heterocycles. The highest BCUT2D eigenvalue weighted by Crippen LogP contribution is 2.21. The van der Waals surface area contributed by atoms with Crippen LogP contribution < -0.4 is 10.6 Å². The Hall–Kier alpha value is -2.62. The minimum atomic E-state index is -0.106. The van der Waals surface area contributed by atoms with Crippen molar-refractivity contribution in [3.8, 4) is 0 Å². The largest absolute Gasteiger partial charge is 0.324 e. The van der Waals surface area contributed by atoms with Crippen molar-refractivity contribution in [3.63, 3.8) is 0 Å². The number of para-hydroxylation sites is 2. The third-order valence-corrected chi connectivity index (χ3v) is 3.44. The van der Waals surface area contributed by atoms with Crippen molar-refractivity contribution in [2.45, 2.75) is 33.1 Å². The quantitative estimate of drug-likeness (QED) is 0.849. The van der Waals surface area contributed by atoms with Gasteiger partial charge >= 0.3 is 0 Å². The predicted octanol–water partition coefficient (Wildman–Crippen LogP) is 3.91. The summed E-state index contributed by atoms with van der Waals surface area (Å²) in [6, 6.07) is 15.1. The molecule has 2 aromatic carbocycles. The Bertz CT molecular complexity index is 678. The normalized spacial score (nSPS) is 10.2. The number of anilines is 2. The van der Waals surface area contributed by atoms with Gasteiger partial charge in [-0.3, -0.25) is 9.59 Å². The fourth-order valence-electron chi connectivity index (χ4n) is 2.23. The molecule has 0 radical (unpaired) electrons. The maximum Gasteiger partial charge on any atom is 0.228 e. The molecule has 4 heteroatoms. The molecule has 2 aromatic rings. The van der Waals surface area contributed by atoms with Crippen LogP contribution in [-0.4, -0.2) is 11.8 Å². The highest BCUT2D eigenvalue weighted by atomic mass is 16.2. The van der Waals surface area contributed by atoms with Crippen LogP contribution in [0.3, 0.4) is 0 Å². The summed E-state index contributed by atoms with van der Waals surface area (Å²) < 4.78 is 0. The third-order valence-electron chi connectivity index (χ3n) is 3.44. The monoisotopic (exact) mass is 310 g/mol. The van der Waals surface area contributed by atoms with E-state index in [9.17, 15) is 9.59 Å². The number of nitrogens with one attached hydrogen (secondary N) is 2. The fourth-order valence-corrected chi connectivity index (χ4v) is 2.23. The fraction of sp³-hybridized carbons (Fsp3) is 0.263. The molecule has 2 rings (SSSR count). The van der Waals surface area contributed by atoms with Crippen molar-refractivity contribution in [2.24, 2.45) is 0 Å². The van der Waals surface area contributed by atoms with Gasteiger partial charge in [-0.05, 0) is 31.0 Å². The standard InChI is InChI=1S/C19H22N2O2/c1-3-6-18(22)20-16-7-4-5-8-17(16)21-19(23)13-15-11-9-14(2)10-12-15/h4-5,7-12H,3,6,13H2,1-2H3,(H,20,22)(H,21,23). The lowest BCUT2D eigenvalue weighted by Crippen LogP contribution is -2.17. The average Bonchev–Trinajstić information content (AvgIpc) is 2.52. The van der Waals surface area contributed by atoms with Crippen LogP contribution >= 0.6 is 0 Å². The Labute approximate surface area is 136 Å². The highest BCUT2D eigenvalue weighted by molar-refractivity contribution is 6.00. The van der Waals surface area contributed by atoms with Crippen molar-refractivity contribution < 1.29 is 9.59 Å². The van der Waals surface area contributed by atoms with E-state index in [1.165, 1.54) is 0 Å². The highest BCUT2D eigenvalue weighted by Gasteiger charge is 2.09. The van der Waals surface area contributed by atoms with E-state index in [-0.39, 0.29) is 11.8 Å². The molecule has 0 spiro atoms. The second kappa shape index (κ2) is 8.13. The lowest BCUT2D eigenvalue weighted by molar-refractivity contribution is -0.116. The minimum Gasteiger partial charge on any atom is -0.324 e. The first-order chi connectivity index (χ1) is 11.1. The first-order valence-electron chi connectivity index (χ1n) is 7.82. The van der Waals surface area contributed by atoms with Crippen molar-refractivity contribution >= 4 is 23.2 Å². The first-order valence-corrected chi connectivity index (χ1v) is 7.82. The predicted molar refractivity (Wildman–Crippen MR) is 93.5 cm³/mol. The van der Waals surface area contributed by atoms with Crippen molar-refractivity contribution in [1.82, 2.24) is 0 Å². The molecule has 2 amide bonds. The molecule has 0 aliphatic rings. The molecule has 0 saturated carbocycles. The van der Waals surface area contributed by atoms with Crippen LogP contribution in [0.15, 0.2) is 48.5 Å². The van der Waals surface area contributed by atoms with E-state index in [1.54, 1.807) is 12.1 Å². The Morgan fingerprint density at radius 2 is 1.43 bits per heavy atom. The molecule has 2 N–H and O–H groups in total. The van der Waals surface area contributed by atoms with Gasteiger partial charge in [0.25, 0.3) is 0 Å². The van der Waals surface area contributed by atoms with Gasteiger partial charge in [-0.15, -0.1) is 0 Å². The van der Waals surface area contributed by atoms with Crippen LogP contribution in [0.4, 0.5) is 11.4 Å². The summed E-state index contributed by atoms with van der Waals surface area (Å²) in [6.45, 7) is 3.97. The van der Waals surface area contributed by atoms with E-state index in [4.69, 9.17) is 0 Å². The Morgan fingerprint density at radius 1 is 0.870 bits per heavy atom. The molecule has 0 saturated heterocycles. The van der Waals surface area contributed by atoms with Crippen LogP contribution in [0.25, 0.3) is 0 Å². The zero-order valence-corrected chi connectivity index (χ0v) is 13.6. The Balaban J connectivity index is 2.02. The van der Waals surface area contributed by atoms with Gasteiger partial charge in [0.1, 0.15) is 0 Å². The number of hydrogen-bond acceptors (Lipinski definition) is 2. The molecule has 0 aliphatic heterocycles. The zero-order valence-electron chi connectivity index (χ0n) is 13.6. The smallest absolute Gasteiger partial charge is 0.228 e. The van der Waals surface area contributed by atoms with E-state index in [0.717, 1.165) is 17.5 Å². The second-order valence-corrected chi connectivity index (χ2v) is 5.55. The molecule has 120 valence electrons. The van der Waals surface area contributed by atoms with E-state index in [0.29, 0.717) is 24.2 Å². The van der Waals surface area contributed by atoms with Gasteiger partial charge in [0.05, 0.1) is 17.8 Å². The first kappa shape index (κ1) is 16.7. The second-order valence-electron chi connectivity index (χ2n) is 5.55. The zero-order chi connectivity index (χ0) is 16.7. The lowest BCUT2D eigenvalue weighted by atomic mass is 10.1. The van der Waals surface area contributed by atoms with Gasteiger partial charge in [-0.2, -0.15) is 0 Å². The van der Waals surface area contributed by atoms with E-state index < -0.39 is 0 Å². The molecular formula is C19H22N2O2. The molecule has 0 unspecified atom stereocenters. The Morgan fingerprint density at radius 3 is 2.00 bits per heavy atom. The summed E-state index contributed by atoms with van der Waals surface area (Å²) in [7, 11) is 0. The summed E-state index contributed by atoms with van der Waals surface area (Å²) in [5, 5.41) is 5.70. The maximum absolute atomic E-state index is 12.2. The van der Waals surface area contributed by atoms with Crippen LogP contribution in [0.5, 0.6) is 0 Å². The summed E-state index contributed by atoms with van der Waals surface area (Å²) in [4.78, 5) is 24.0. The van der Waals surface area contributed by atoms with E-state index in [2.05, 4.69) is 10.6 Å². The molecular weight excluding hydrogens is 288 g/mol. The van der Waals surface area contributed by atoms with Crippen LogP contribution in [0.1, 0.15) is 30.9 Å². The van der Waals surface area contributed by atoms with Gasteiger partial charge in [-0.25, -0.2) is 0 Å². The number of carbonyl (C=O) groups excluding carboxylic acids is 2. The molecule has 0 atom stereocenters. The topological polar surface area (TPSA) is 58.2 Å². The minimum absolute atomic E-state index is 0.0484. The van der Waals surface area contributed by atoms with E-state index >= 15 is 0 Å². The maximum atomic E-state index is 12.2. The van der Waals surface area contributed by atoms with Gasteiger partial charge in [0.2, 0.25) is 11.8 Å². The summed E-state index contributed by atoms with van der Waals surface area (Å²) in [6.07, 6.45) is 1.55. The van der Waals surface area contributed by atoms with Crippen LogP contribution in [0.2, 0.25) is 0 Å². The average molecular weight is 310 g/mol. The number of rotatable bonds is 6. The molecule has 0 bridgehead atoms. The number of benzene rings is 2. The SMILES string of the molecule is CCCC(=O)Nc1ccccc1NC(=O)Cc1ccc(C)cc1. The molecule has 0 aromatic heterocycles. The molecule has 4 nitrogen and oxygen atoms in total. The molecule has 23 heavy (non-hydrogen) atoms. The van der Waals surface area contributed by atoms with Gasteiger partial charge in [0.15, 0.2) is 0 Å². The summed E-state index contributed by atoms with van der Waals surface area (Å²) in [5.41, 5.74) is 3.37. The third kappa shape index (κ3) is 5.25. The van der Waals surface area contributed by atoms with Gasteiger partial charge in [-0.1, -0.05) is 48.9 Å². The van der Waals surface area contributed by atoms with Crippen molar-refractivity contribution in [2.75, 3.05) is 10.6 Å². The summed E-state index contributed by atoms with van der Waals surface area (Å²) >= 11 is 0. The Kier molecular flexibility index (Phi) is 5.92. The van der Waals surface area contributed by atoms with Gasteiger partial charge in [0, 0.05) is 6.42 Å². The molecule has 0 fully saturated rings. The number of amides is 2. The van der Waals surface area contributed by atoms with Crippen molar-refractivity contribution in [1.29, 1.82) is 0 Å². The van der Waals surface area contributed by atoms with Gasteiger partial charge < -0.3 is 10.6 Å². The molecule has 0 aliphatic carbocycles.